The Kier molecular flexibility index (Phi) is 10.4. The second kappa shape index (κ2) is 12.5. The zero-order valence-corrected chi connectivity index (χ0v) is 18.9. The number of nitrogens with one attached hydrogen (secondary N) is 3. The van der Waals surface area contributed by atoms with Crippen molar-refractivity contribution < 1.29 is 23.9 Å². The summed E-state index contributed by atoms with van der Waals surface area (Å²) in [6, 6.07) is -1.40. The third-order valence-electron chi connectivity index (χ3n) is 4.05. The number of carbonyl (C=O) groups excluding carboxylic acids is 3. The smallest absolute Gasteiger partial charge is 0.328 e. The van der Waals surface area contributed by atoms with Gasteiger partial charge in [-0.15, -0.1) is 0 Å². The average molecular weight is 440 g/mol. The molecule has 0 aliphatic heterocycles. The molecule has 174 valence electrons. The Balaban J connectivity index is 3.24. The molecule has 0 saturated carbocycles. The molecule has 0 aliphatic rings. The molecule has 0 aromatic carbocycles. The summed E-state index contributed by atoms with van der Waals surface area (Å²) in [5.41, 5.74) is 5.18. The van der Waals surface area contributed by atoms with E-state index in [2.05, 4.69) is 30.9 Å². The Morgan fingerprint density at radius 1 is 0.806 bits per heavy atom. The summed E-state index contributed by atoms with van der Waals surface area (Å²) >= 11 is 0. The molecule has 0 aliphatic carbocycles. The van der Waals surface area contributed by atoms with E-state index < -0.39 is 29.9 Å². The first-order chi connectivity index (χ1) is 14.5. The number of ether oxygens (including phenoxy) is 2. The fourth-order valence-electron chi connectivity index (χ4n) is 2.72. The van der Waals surface area contributed by atoms with E-state index in [1.54, 1.807) is 0 Å². The minimum Gasteiger partial charge on any atom is -0.467 e. The molecule has 1 heterocycles. The van der Waals surface area contributed by atoms with Crippen LogP contribution in [0, 0.1) is 11.8 Å². The molecule has 0 fully saturated rings. The first-order valence-corrected chi connectivity index (χ1v) is 10.0. The maximum absolute atomic E-state index is 12.2. The number of nitrogens with zero attached hydrogens (tertiary/aromatic N) is 3. The number of hydrogen-bond donors (Lipinski definition) is 4. The number of carbonyl (C=O) groups is 3. The van der Waals surface area contributed by atoms with Crippen LogP contribution in [0.15, 0.2) is 0 Å². The first kappa shape index (κ1) is 25.9. The van der Waals surface area contributed by atoms with Gasteiger partial charge in [-0.1, -0.05) is 27.7 Å². The van der Waals surface area contributed by atoms with Crippen LogP contribution < -0.4 is 21.7 Å². The van der Waals surface area contributed by atoms with Gasteiger partial charge in [0.15, 0.2) is 0 Å². The molecule has 31 heavy (non-hydrogen) atoms. The Morgan fingerprint density at radius 2 is 1.19 bits per heavy atom. The fourth-order valence-corrected chi connectivity index (χ4v) is 2.72. The summed E-state index contributed by atoms with van der Waals surface area (Å²) < 4.78 is 9.71. The number of esters is 2. The zero-order valence-electron chi connectivity index (χ0n) is 18.9. The van der Waals surface area contributed by atoms with Crippen molar-refractivity contribution in [3.8, 4) is 0 Å². The number of primary amides is 1. The van der Waals surface area contributed by atoms with Crippen LogP contribution in [-0.2, 0) is 23.9 Å². The van der Waals surface area contributed by atoms with Gasteiger partial charge in [-0.25, -0.2) is 9.59 Å². The Hall–Kier alpha value is -3.18. The van der Waals surface area contributed by atoms with Gasteiger partial charge >= 0.3 is 11.9 Å². The lowest BCUT2D eigenvalue weighted by Crippen LogP contribution is -2.35. The van der Waals surface area contributed by atoms with E-state index in [4.69, 9.17) is 15.2 Å². The highest BCUT2D eigenvalue weighted by Gasteiger charge is 2.24. The van der Waals surface area contributed by atoms with Crippen molar-refractivity contribution in [1.29, 1.82) is 0 Å². The van der Waals surface area contributed by atoms with E-state index in [1.807, 2.05) is 27.7 Å². The second-order valence-corrected chi connectivity index (χ2v) is 7.83. The van der Waals surface area contributed by atoms with Crippen LogP contribution in [0.3, 0.4) is 0 Å². The van der Waals surface area contributed by atoms with Gasteiger partial charge in [0.1, 0.15) is 12.1 Å². The zero-order chi connectivity index (χ0) is 23.6. The van der Waals surface area contributed by atoms with E-state index >= 15 is 0 Å². The summed E-state index contributed by atoms with van der Waals surface area (Å²) in [6.45, 7) is 7.65. The highest BCUT2D eigenvalue weighted by molar-refractivity contribution is 5.80. The predicted molar refractivity (Wildman–Crippen MR) is 115 cm³/mol. The lowest BCUT2D eigenvalue weighted by Gasteiger charge is -2.21. The molecule has 0 bridgehead atoms. The van der Waals surface area contributed by atoms with Gasteiger partial charge in [-0.05, 0) is 24.7 Å². The maximum Gasteiger partial charge on any atom is 0.328 e. The predicted octanol–water partition coefficient (Wildman–Crippen LogP) is 0.768. The van der Waals surface area contributed by atoms with Gasteiger partial charge in [-0.2, -0.15) is 15.0 Å². The molecule has 0 radical (unpaired) electrons. The van der Waals surface area contributed by atoms with Crippen molar-refractivity contribution in [3.63, 3.8) is 0 Å². The minimum absolute atomic E-state index is 0.0418. The molecule has 1 amide bonds. The van der Waals surface area contributed by atoms with Crippen molar-refractivity contribution in [2.24, 2.45) is 17.6 Å². The van der Waals surface area contributed by atoms with E-state index in [0.717, 1.165) is 0 Å². The Bertz CT molecular complexity index is 707. The quantitative estimate of drug-likeness (QED) is 0.320. The highest BCUT2D eigenvalue weighted by Crippen LogP contribution is 2.17. The molecule has 12 heteroatoms. The van der Waals surface area contributed by atoms with Crippen molar-refractivity contribution in [3.05, 3.63) is 0 Å². The van der Waals surface area contributed by atoms with Crippen LogP contribution in [0.4, 0.5) is 17.8 Å². The van der Waals surface area contributed by atoms with E-state index in [1.165, 1.54) is 14.2 Å². The minimum atomic E-state index is -0.698. The van der Waals surface area contributed by atoms with Crippen LogP contribution in [-0.4, -0.2) is 65.6 Å². The van der Waals surface area contributed by atoms with Crippen LogP contribution in [0.2, 0.25) is 0 Å². The molecule has 2 atom stereocenters. The van der Waals surface area contributed by atoms with Gasteiger partial charge in [-0.3, -0.25) is 4.79 Å². The SMILES string of the molecule is COC(=O)[C@H](CC(C)C)Nc1nc(NCC(N)=O)nc(N[C@@H](CC(C)C)C(=O)OC)n1. The molecule has 12 nitrogen and oxygen atoms in total. The molecule has 0 unspecified atom stereocenters. The lowest BCUT2D eigenvalue weighted by atomic mass is 10.0. The standard InChI is InChI=1S/C19H33N7O5/c1-10(2)7-12(15(28)30-5)22-18-24-17(21-9-14(20)27)25-19(26-18)23-13(8-11(3)4)16(29)31-6/h10-13H,7-9H2,1-6H3,(H2,20,27)(H3,21,22,23,24,25,26)/t12-,13-/m0/s1. The summed E-state index contributed by atoms with van der Waals surface area (Å²) in [5.74, 6) is -0.993. The number of anilines is 3. The number of aromatic nitrogens is 3. The molecule has 1 rings (SSSR count). The van der Waals surface area contributed by atoms with Crippen molar-refractivity contribution >= 4 is 35.7 Å². The molecule has 1 aromatic heterocycles. The number of hydrogen-bond acceptors (Lipinski definition) is 11. The van der Waals surface area contributed by atoms with Crippen LogP contribution in [0.1, 0.15) is 40.5 Å². The third-order valence-corrected chi connectivity index (χ3v) is 4.05. The van der Waals surface area contributed by atoms with Crippen LogP contribution in [0.5, 0.6) is 0 Å². The first-order valence-electron chi connectivity index (χ1n) is 10.0. The average Bonchev–Trinajstić information content (AvgIpc) is 2.69. The summed E-state index contributed by atoms with van der Waals surface area (Å²) in [7, 11) is 2.59. The maximum atomic E-state index is 12.2. The summed E-state index contributed by atoms with van der Waals surface area (Å²) in [5, 5.41) is 8.57. The van der Waals surface area contributed by atoms with E-state index in [0.29, 0.717) is 12.8 Å². The Labute approximate surface area is 182 Å². The molecule has 0 spiro atoms. The monoisotopic (exact) mass is 439 g/mol. The van der Waals surface area contributed by atoms with Crippen LogP contribution >= 0.6 is 0 Å². The topological polar surface area (TPSA) is 170 Å². The van der Waals surface area contributed by atoms with Gasteiger partial charge in [0.25, 0.3) is 0 Å². The largest absolute Gasteiger partial charge is 0.467 e. The van der Waals surface area contributed by atoms with Crippen molar-refractivity contribution in [2.75, 3.05) is 36.7 Å². The fraction of sp³-hybridized carbons (Fsp3) is 0.684. The second-order valence-electron chi connectivity index (χ2n) is 7.83. The van der Waals surface area contributed by atoms with Gasteiger partial charge in [0.05, 0.1) is 20.8 Å². The molecular weight excluding hydrogens is 406 g/mol. The Morgan fingerprint density at radius 3 is 1.52 bits per heavy atom. The van der Waals surface area contributed by atoms with Crippen LogP contribution in [0.25, 0.3) is 0 Å². The molecular formula is C19H33N7O5. The summed E-state index contributed by atoms with van der Waals surface area (Å²) in [6.07, 6.45) is 0.951. The normalized spacial score (nSPS) is 12.8. The van der Waals surface area contributed by atoms with Gasteiger partial charge in [0.2, 0.25) is 23.8 Å². The van der Waals surface area contributed by atoms with Gasteiger partial charge in [0, 0.05) is 0 Å². The highest BCUT2D eigenvalue weighted by atomic mass is 16.5. The number of nitrogens with two attached hydrogens (primary N) is 1. The van der Waals surface area contributed by atoms with Crippen molar-refractivity contribution in [1.82, 2.24) is 15.0 Å². The molecule has 1 aromatic rings. The number of amides is 1. The van der Waals surface area contributed by atoms with Crippen molar-refractivity contribution in [2.45, 2.75) is 52.6 Å². The van der Waals surface area contributed by atoms with E-state index in [9.17, 15) is 14.4 Å². The van der Waals surface area contributed by atoms with Gasteiger partial charge < -0.3 is 31.2 Å². The summed E-state index contributed by atoms with van der Waals surface area (Å²) in [4.78, 5) is 48.1. The number of methoxy groups -OCH3 is 2. The lowest BCUT2D eigenvalue weighted by molar-refractivity contribution is -0.142. The number of rotatable bonds is 13. The van der Waals surface area contributed by atoms with E-state index in [-0.39, 0.29) is 36.2 Å². The molecule has 5 N–H and O–H groups in total. The molecule has 0 saturated heterocycles. The third kappa shape index (κ3) is 9.45.